The number of benzene rings is 1. The first kappa shape index (κ1) is 22.0. The first-order chi connectivity index (χ1) is 14.8. The first-order valence-electron chi connectivity index (χ1n) is 10.9. The Balaban J connectivity index is 1.95. The molecule has 1 atom stereocenters. The van der Waals surface area contributed by atoms with E-state index in [0.717, 1.165) is 63.9 Å². The minimum Gasteiger partial charge on any atom is -0.457 e. The molecule has 1 N–H and O–H groups in total. The van der Waals surface area contributed by atoms with Crippen molar-refractivity contribution < 1.29 is 9.53 Å². The molecule has 2 aromatic heterocycles. The largest absolute Gasteiger partial charge is 0.457 e. The summed E-state index contributed by atoms with van der Waals surface area (Å²) in [6.07, 6.45) is 3.89. The Kier molecular flexibility index (Phi) is 6.22. The van der Waals surface area contributed by atoms with E-state index < -0.39 is 0 Å². The summed E-state index contributed by atoms with van der Waals surface area (Å²) in [4.78, 5) is 17.0. The molecular weight excluding hydrogens is 454 g/mol. The number of nitrogens with one attached hydrogen (secondary N) is 1. The summed E-state index contributed by atoms with van der Waals surface area (Å²) >= 11 is 3.61. The molecule has 31 heavy (non-hydrogen) atoms. The second kappa shape index (κ2) is 8.75. The Labute approximate surface area is 192 Å². The summed E-state index contributed by atoms with van der Waals surface area (Å²) in [5.41, 5.74) is 7.59. The van der Waals surface area contributed by atoms with Gasteiger partial charge in [0.1, 0.15) is 11.8 Å². The van der Waals surface area contributed by atoms with E-state index >= 15 is 0 Å². The van der Waals surface area contributed by atoms with Gasteiger partial charge in [0.2, 0.25) is 0 Å². The summed E-state index contributed by atoms with van der Waals surface area (Å²) in [5.74, 6) is 0.0666. The quantitative estimate of drug-likeness (QED) is 0.488. The molecule has 0 amide bonds. The van der Waals surface area contributed by atoms with Crippen molar-refractivity contribution in [2.45, 2.75) is 53.6 Å². The fourth-order valence-electron chi connectivity index (χ4n) is 5.00. The number of rotatable bonds is 4. The van der Waals surface area contributed by atoms with Crippen molar-refractivity contribution in [2.24, 2.45) is 5.92 Å². The van der Waals surface area contributed by atoms with Gasteiger partial charge >= 0.3 is 5.97 Å². The Morgan fingerprint density at radius 1 is 1.13 bits per heavy atom. The van der Waals surface area contributed by atoms with Gasteiger partial charge in [0.05, 0.1) is 5.69 Å². The zero-order chi connectivity index (χ0) is 22.3. The molecule has 1 saturated heterocycles. The van der Waals surface area contributed by atoms with Crippen LogP contribution in [0.4, 0.5) is 0 Å². The molecular formula is C25H30BrN3O2. The molecule has 1 unspecified atom stereocenters. The van der Waals surface area contributed by atoms with Gasteiger partial charge in [0.25, 0.3) is 0 Å². The zero-order valence-corrected chi connectivity index (χ0v) is 20.5. The Morgan fingerprint density at radius 3 is 2.39 bits per heavy atom. The molecule has 1 aromatic carbocycles. The van der Waals surface area contributed by atoms with E-state index in [-0.39, 0.29) is 12.1 Å². The molecule has 5 nitrogen and oxygen atoms in total. The predicted molar refractivity (Wildman–Crippen MR) is 128 cm³/mol. The minimum atomic E-state index is -0.259. The van der Waals surface area contributed by atoms with Crippen LogP contribution in [0.2, 0.25) is 0 Å². The molecule has 164 valence electrons. The Morgan fingerprint density at radius 2 is 1.77 bits per heavy atom. The Bertz CT molecular complexity index is 1120. The van der Waals surface area contributed by atoms with Gasteiger partial charge < -0.3 is 14.6 Å². The highest BCUT2D eigenvalue weighted by Crippen LogP contribution is 2.39. The number of aryl methyl sites for hydroxylation is 4. The van der Waals surface area contributed by atoms with Crippen molar-refractivity contribution in [1.82, 2.24) is 14.9 Å². The number of pyridine rings is 1. The minimum absolute atomic E-state index is 0.233. The normalized spacial score (nSPS) is 15.9. The number of piperidine rings is 1. The molecule has 1 aliphatic rings. The van der Waals surface area contributed by atoms with Crippen LogP contribution in [0.1, 0.15) is 53.8 Å². The monoisotopic (exact) mass is 483 g/mol. The number of hydrogen-bond acceptors (Lipinski definition) is 4. The first-order valence-corrected chi connectivity index (χ1v) is 11.7. The third-order valence-corrected chi connectivity index (χ3v) is 6.67. The molecule has 0 saturated carbocycles. The second-order valence-electron chi connectivity index (χ2n) is 8.74. The standard InChI is InChI=1S/C25H30BrN3O2/c1-14-10-20(26)11-15(2)23(14)29-13-16(3)22-21(12-17(4)28-25(22)29)24(31-18(5)30)19-6-8-27-9-7-19/h10-13,19,24,27H,6-9H2,1-5H3. The van der Waals surface area contributed by atoms with Crippen LogP contribution >= 0.6 is 15.9 Å². The molecule has 0 radical (unpaired) electrons. The number of halogens is 1. The van der Waals surface area contributed by atoms with Crippen molar-refractivity contribution in [1.29, 1.82) is 0 Å². The summed E-state index contributed by atoms with van der Waals surface area (Å²) in [7, 11) is 0. The second-order valence-corrected chi connectivity index (χ2v) is 9.65. The number of nitrogens with zero attached hydrogens (tertiary/aromatic N) is 2. The van der Waals surface area contributed by atoms with Crippen LogP contribution in [-0.2, 0) is 9.53 Å². The lowest BCUT2D eigenvalue weighted by Gasteiger charge is -2.31. The lowest BCUT2D eigenvalue weighted by atomic mass is 9.86. The van der Waals surface area contributed by atoms with Crippen molar-refractivity contribution in [3.63, 3.8) is 0 Å². The molecule has 0 bridgehead atoms. The topological polar surface area (TPSA) is 56.1 Å². The van der Waals surface area contributed by atoms with Crippen LogP contribution in [0.5, 0.6) is 0 Å². The van der Waals surface area contributed by atoms with Crippen LogP contribution in [0.25, 0.3) is 16.7 Å². The van der Waals surface area contributed by atoms with Crippen molar-refractivity contribution in [2.75, 3.05) is 13.1 Å². The zero-order valence-electron chi connectivity index (χ0n) is 18.9. The number of hydrogen-bond donors (Lipinski definition) is 1. The van der Waals surface area contributed by atoms with Crippen LogP contribution < -0.4 is 5.32 Å². The van der Waals surface area contributed by atoms with Gasteiger partial charge in [-0.2, -0.15) is 0 Å². The highest BCUT2D eigenvalue weighted by Gasteiger charge is 2.31. The lowest BCUT2D eigenvalue weighted by Crippen LogP contribution is -2.32. The van der Waals surface area contributed by atoms with Gasteiger partial charge in [-0.05, 0) is 88.5 Å². The summed E-state index contributed by atoms with van der Waals surface area (Å²) in [6, 6.07) is 6.38. The fraction of sp³-hybridized carbons (Fsp3) is 0.440. The van der Waals surface area contributed by atoms with Crippen molar-refractivity contribution in [3.8, 4) is 5.69 Å². The number of fused-ring (bicyclic) bond motifs is 1. The van der Waals surface area contributed by atoms with E-state index in [9.17, 15) is 4.79 Å². The van der Waals surface area contributed by atoms with E-state index in [2.05, 4.69) is 71.0 Å². The van der Waals surface area contributed by atoms with Gasteiger partial charge in [-0.15, -0.1) is 0 Å². The maximum absolute atomic E-state index is 12.1. The fourth-order valence-corrected chi connectivity index (χ4v) is 5.68. The molecule has 3 aromatic rings. The number of esters is 1. The van der Waals surface area contributed by atoms with E-state index in [1.54, 1.807) is 0 Å². The number of carbonyl (C=O) groups excluding carboxylic acids is 1. The van der Waals surface area contributed by atoms with Gasteiger partial charge in [0.15, 0.2) is 0 Å². The van der Waals surface area contributed by atoms with E-state index in [4.69, 9.17) is 9.72 Å². The average Bonchev–Trinajstić information content (AvgIpc) is 3.01. The number of carbonyl (C=O) groups is 1. The van der Waals surface area contributed by atoms with Crippen LogP contribution in [-0.4, -0.2) is 28.6 Å². The molecule has 6 heteroatoms. The molecule has 1 aliphatic heterocycles. The van der Waals surface area contributed by atoms with Gasteiger partial charge in [-0.1, -0.05) is 15.9 Å². The van der Waals surface area contributed by atoms with Gasteiger partial charge in [0, 0.05) is 40.2 Å². The molecule has 1 fully saturated rings. The third-order valence-electron chi connectivity index (χ3n) is 6.21. The molecule has 4 rings (SSSR count). The number of ether oxygens (including phenoxy) is 1. The van der Waals surface area contributed by atoms with Crippen molar-refractivity contribution >= 4 is 32.9 Å². The molecule has 0 aliphatic carbocycles. The third kappa shape index (κ3) is 4.28. The maximum Gasteiger partial charge on any atom is 0.303 e. The maximum atomic E-state index is 12.1. The summed E-state index contributed by atoms with van der Waals surface area (Å²) < 4.78 is 9.24. The average molecular weight is 484 g/mol. The van der Waals surface area contributed by atoms with Gasteiger partial charge in [-0.3, -0.25) is 4.79 Å². The lowest BCUT2D eigenvalue weighted by molar-refractivity contribution is -0.150. The van der Waals surface area contributed by atoms with Crippen LogP contribution in [0.3, 0.4) is 0 Å². The smallest absolute Gasteiger partial charge is 0.303 e. The van der Waals surface area contributed by atoms with Crippen LogP contribution in [0.15, 0.2) is 28.9 Å². The predicted octanol–water partition coefficient (Wildman–Crippen LogP) is 5.63. The number of aromatic nitrogens is 2. The van der Waals surface area contributed by atoms with E-state index in [1.165, 1.54) is 18.1 Å². The van der Waals surface area contributed by atoms with E-state index in [1.807, 2.05) is 6.92 Å². The SMILES string of the molecule is CC(=O)OC(c1cc(C)nc2c1c(C)cn2-c1c(C)cc(Br)cc1C)C1CCNCC1. The van der Waals surface area contributed by atoms with Crippen LogP contribution in [0, 0.1) is 33.6 Å². The molecule has 0 spiro atoms. The van der Waals surface area contributed by atoms with Crippen molar-refractivity contribution in [3.05, 3.63) is 56.8 Å². The highest BCUT2D eigenvalue weighted by atomic mass is 79.9. The summed E-state index contributed by atoms with van der Waals surface area (Å²) in [6.45, 7) is 11.8. The highest BCUT2D eigenvalue weighted by molar-refractivity contribution is 9.10. The Hall–Kier alpha value is -2.18. The molecule has 3 heterocycles. The summed E-state index contributed by atoms with van der Waals surface area (Å²) in [5, 5.41) is 4.51. The van der Waals surface area contributed by atoms with E-state index in [0.29, 0.717) is 5.92 Å². The van der Waals surface area contributed by atoms with Gasteiger partial charge in [-0.25, -0.2) is 4.98 Å².